The maximum absolute atomic E-state index is 13.9. The molecule has 0 unspecified atom stereocenters. The normalized spacial score (nSPS) is 14.7. The third-order valence-electron chi connectivity index (χ3n) is 6.19. The number of aliphatic hydroxyl groups is 1. The van der Waals surface area contributed by atoms with E-state index < -0.39 is 11.6 Å². The molecule has 1 fully saturated rings. The number of hydrogen-bond acceptors (Lipinski definition) is 6. The average Bonchev–Trinajstić information content (AvgIpc) is 3.36. The van der Waals surface area contributed by atoms with E-state index in [1.165, 1.54) is 13.0 Å². The Labute approximate surface area is 197 Å². The Morgan fingerprint density at radius 2 is 2.03 bits per heavy atom. The fourth-order valence-corrected chi connectivity index (χ4v) is 4.29. The molecule has 7 nitrogen and oxygen atoms in total. The first-order valence-corrected chi connectivity index (χ1v) is 11.7. The number of carbonyl (C=O) groups excluding carboxylic acids is 1. The van der Waals surface area contributed by atoms with E-state index in [0.717, 1.165) is 31.1 Å². The Hall–Kier alpha value is -2.94. The fourth-order valence-electron chi connectivity index (χ4n) is 4.29. The van der Waals surface area contributed by atoms with Crippen molar-refractivity contribution in [2.24, 2.45) is 5.92 Å². The first-order chi connectivity index (χ1) is 16.3. The van der Waals surface area contributed by atoms with Crippen molar-refractivity contribution in [1.29, 1.82) is 0 Å². The highest BCUT2D eigenvalue weighted by molar-refractivity contribution is 5.82. The molecule has 0 spiro atoms. The van der Waals surface area contributed by atoms with Crippen molar-refractivity contribution < 1.29 is 23.2 Å². The van der Waals surface area contributed by atoms with E-state index in [1.54, 1.807) is 0 Å². The number of nitrogens with zero attached hydrogens (tertiary/aromatic N) is 4. The fraction of sp³-hybridized carbons (Fsp3) is 0.520. The molecular formula is C25H30F2N4O3. The molecule has 4 rings (SSSR count). The molecule has 34 heavy (non-hydrogen) atoms. The summed E-state index contributed by atoms with van der Waals surface area (Å²) in [4.78, 5) is 12.9. The van der Waals surface area contributed by atoms with Gasteiger partial charge in [-0.25, -0.2) is 8.78 Å². The summed E-state index contributed by atoms with van der Waals surface area (Å²) in [6.45, 7) is 5.56. The van der Waals surface area contributed by atoms with Gasteiger partial charge in [-0.3, -0.25) is 4.79 Å². The van der Waals surface area contributed by atoms with Gasteiger partial charge < -0.3 is 14.2 Å². The zero-order valence-electron chi connectivity index (χ0n) is 19.7. The molecule has 0 bridgehead atoms. The van der Waals surface area contributed by atoms with Crippen LogP contribution in [0.1, 0.15) is 74.2 Å². The van der Waals surface area contributed by atoms with Crippen LogP contribution in [-0.4, -0.2) is 37.4 Å². The number of benzene rings is 1. The van der Waals surface area contributed by atoms with Crippen molar-refractivity contribution in [2.75, 3.05) is 6.61 Å². The van der Waals surface area contributed by atoms with Crippen LogP contribution in [0.3, 0.4) is 0 Å². The molecule has 1 atom stereocenters. The molecule has 1 aliphatic rings. The van der Waals surface area contributed by atoms with Crippen molar-refractivity contribution in [2.45, 2.75) is 71.3 Å². The molecule has 0 saturated heterocycles. The van der Waals surface area contributed by atoms with E-state index in [4.69, 9.17) is 4.52 Å². The van der Waals surface area contributed by atoms with Crippen LogP contribution in [0.5, 0.6) is 0 Å². The smallest absolute Gasteiger partial charge is 0.186 e. The Kier molecular flexibility index (Phi) is 7.21. The third-order valence-corrected chi connectivity index (χ3v) is 6.19. The summed E-state index contributed by atoms with van der Waals surface area (Å²) in [7, 11) is 0. The maximum Gasteiger partial charge on any atom is 0.186 e. The average molecular weight is 473 g/mol. The Balaban J connectivity index is 1.58. The van der Waals surface area contributed by atoms with Gasteiger partial charge in [-0.05, 0) is 49.3 Å². The molecular weight excluding hydrogens is 442 g/mol. The van der Waals surface area contributed by atoms with Crippen LogP contribution >= 0.6 is 0 Å². The third kappa shape index (κ3) is 5.24. The monoisotopic (exact) mass is 472 g/mol. The van der Waals surface area contributed by atoms with Crippen LogP contribution in [0.2, 0.25) is 0 Å². The molecule has 2 aromatic heterocycles. The quantitative estimate of drug-likeness (QED) is 0.434. The number of carbonyl (C=O) groups is 1. The molecule has 1 aliphatic carbocycles. The molecule has 0 amide bonds. The van der Waals surface area contributed by atoms with Gasteiger partial charge in [0, 0.05) is 43.9 Å². The zero-order chi connectivity index (χ0) is 24.4. The van der Waals surface area contributed by atoms with Gasteiger partial charge in [0.15, 0.2) is 23.2 Å². The molecule has 0 radical (unpaired) electrons. The summed E-state index contributed by atoms with van der Waals surface area (Å²) in [5, 5.41) is 22.7. The van der Waals surface area contributed by atoms with Crippen molar-refractivity contribution in [3.05, 3.63) is 52.5 Å². The van der Waals surface area contributed by atoms with Crippen LogP contribution in [0, 0.1) is 24.5 Å². The second kappa shape index (κ2) is 10.1. The van der Waals surface area contributed by atoms with Gasteiger partial charge in [0.25, 0.3) is 0 Å². The maximum atomic E-state index is 13.9. The lowest BCUT2D eigenvalue weighted by Gasteiger charge is -2.17. The summed E-state index contributed by atoms with van der Waals surface area (Å²) < 4.78 is 34.9. The Morgan fingerprint density at radius 1 is 1.26 bits per heavy atom. The van der Waals surface area contributed by atoms with E-state index >= 15 is 0 Å². The van der Waals surface area contributed by atoms with E-state index in [2.05, 4.69) is 29.2 Å². The van der Waals surface area contributed by atoms with Crippen LogP contribution in [0.4, 0.5) is 8.78 Å². The summed E-state index contributed by atoms with van der Waals surface area (Å²) >= 11 is 0. The first kappa shape index (κ1) is 24.2. The van der Waals surface area contributed by atoms with E-state index in [-0.39, 0.29) is 42.8 Å². The van der Waals surface area contributed by atoms with Crippen molar-refractivity contribution in [3.8, 4) is 11.5 Å². The molecule has 1 aromatic carbocycles. The van der Waals surface area contributed by atoms with Crippen molar-refractivity contribution in [3.63, 3.8) is 0 Å². The minimum absolute atomic E-state index is 0.0166. The van der Waals surface area contributed by atoms with Gasteiger partial charge in [-0.2, -0.15) is 0 Å². The number of rotatable bonds is 11. The minimum atomic E-state index is -0.931. The van der Waals surface area contributed by atoms with Gasteiger partial charge >= 0.3 is 0 Å². The Bertz CT molecular complexity index is 1170. The number of aromatic nitrogens is 4. The summed E-state index contributed by atoms with van der Waals surface area (Å²) in [5.41, 5.74) is 1.20. The van der Waals surface area contributed by atoms with Crippen LogP contribution < -0.4 is 0 Å². The van der Waals surface area contributed by atoms with Crippen LogP contribution in [0.15, 0.2) is 22.7 Å². The number of aliphatic hydroxyl groups excluding tert-OH is 1. The largest absolute Gasteiger partial charge is 0.396 e. The highest BCUT2D eigenvalue weighted by Crippen LogP contribution is 2.41. The SMILES string of the molecule is Cc1c(CC(=O)C[C@H](CCO)c2nnc(-c3cc(CC(C)C)on3)n2C2CC2)ccc(F)c1F. The number of Topliss-reactive ketones (excluding diaryl/α,β-unsaturated/α-hetero) is 1. The van der Waals surface area contributed by atoms with Gasteiger partial charge in [-0.1, -0.05) is 25.1 Å². The lowest BCUT2D eigenvalue weighted by molar-refractivity contribution is -0.118. The van der Waals surface area contributed by atoms with Crippen LogP contribution in [0.25, 0.3) is 11.5 Å². The Morgan fingerprint density at radius 3 is 2.71 bits per heavy atom. The second-order valence-corrected chi connectivity index (χ2v) is 9.53. The predicted molar refractivity (Wildman–Crippen MR) is 121 cm³/mol. The second-order valence-electron chi connectivity index (χ2n) is 9.53. The number of hydrogen-bond donors (Lipinski definition) is 1. The topological polar surface area (TPSA) is 94.0 Å². The summed E-state index contributed by atoms with van der Waals surface area (Å²) in [6.07, 6.45) is 3.15. The summed E-state index contributed by atoms with van der Waals surface area (Å²) in [6, 6.07) is 4.58. The standard InChI is InChI=1S/C25H30F2N4O3/c1-14(2)10-20-13-22(30-34-20)25-29-28-24(31(25)18-5-6-18)17(8-9-32)12-19(33)11-16-4-7-21(26)23(27)15(16)3/h4,7,13-14,17-18,32H,5-6,8-12H2,1-3H3/t17-/m0/s1. The highest BCUT2D eigenvalue weighted by atomic mass is 19.2. The molecule has 9 heteroatoms. The summed E-state index contributed by atoms with van der Waals surface area (Å²) in [5.74, 6) is 0.0864. The van der Waals surface area contributed by atoms with Gasteiger partial charge in [0.05, 0.1) is 0 Å². The van der Waals surface area contributed by atoms with Crippen molar-refractivity contribution >= 4 is 5.78 Å². The van der Waals surface area contributed by atoms with E-state index in [1.807, 2.05) is 10.6 Å². The van der Waals surface area contributed by atoms with E-state index in [9.17, 15) is 18.7 Å². The highest BCUT2D eigenvalue weighted by Gasteiger charge is 2.34. The molecule has 1 N–H and O–H groups in total. The molecule has 3 aromatic rings. The van der Waals surface area contributed by atoms with E-state index in [0.29, 0.717) is 35.2 Å². The lowest BCUT2D eigenvalue weighted by atomic mass is 9.93. The molecule has 182 valence electrons. The van der Waals surface area contributed by atoms with Crippen molar-refractivity contribution in [1.82, 2.24) is 19.9 Å². The van der Waals surface area contributed by atoms with Crippen LogP contribution in [-0.2, 0) is 17.6 Å². The first-order valence-electron chi connectivity index (χ1n) is 11.7. The molecule has 0 aliphatic heterocycles. The zero-order valence-corrected chi connectivity index (χ0v) is 19.7. The lowest BCUT2D eigenvalue weighted by Crippen LogP contribution is -2.16. The molecule has 1 saturated carbocycles. The predicted octanol–water partition coefficient (Wildman–Crippen LogP) is 4.72. The number of halogens is 2. The number of ketones is 1. The van der Waals surface area contributed by atoms with Gasteiger partial charge in [-0.15, -0.1) is 10.2 Å². The molecule has 2 heterocycles. The van der Waals surface area contributed by atoms with Gasteiger partial charge in [0.2, 0.25) is 0 Å². The minimum Gasteiger partial charge on any atom is -0.396 e. The van der Waals surface area contributed by atoms with Gasteiger partial charge in [0.1, 0.15) is 17.4 Å².